The molecule has 0 spiro atoms. The summed E-state index contributed by atoms with van der Waals surface area (Å²) in [6.07, 6.45) is 0. The Kier molecular flexibility index (Phi) is 3.14. The molecule has 1 aliphatic rings. The molecule has 0 radical (unpaired) electrons. The Labute approximate surface area is 115 Å². The zero-order valence-electron chi connectivity index (χ0n) is 10.9. The summed E-state index contributed by atoms with van der Waals surface area (Å²) in [5.74, 6) is 0.282. The SMILES string of the molecule is COc1ccc2c(c1)OCC(c1cccc(F)c1)C2=O. The molecule has 0 aliphatic carbocycles. The lowest BCUT2D eigenvalue weighted by molar-refractivity contribution is 0.0896. The predicted molar refractivity (Wildman–Crippen MR) is 72.0 cm³/mol. The molecule has 102 valence electrons. The lowest BCUT2D eigenvalue weighted by Crippen LogP contribution is -2.26. The van der Waals surface area contributed by atoms with E-state index in [-0.39, 0.29) is 18.2 Å². The summed E-state index contributed by atoms with van der Waals surface area (Å²) in [4.78, 5) is 12.5. The molecule has 3 nitrogen and oxygen atoms in total. The Morgan fingerprint density at radius 1 is 1.25 bits per heavy atom. The van der Waals surface area contributed by atoms with Gasteiger partial charge in [0.05, 0.1) is 18.6 Å². The van der Waals surface area contributed by atoms with Crippen molar-refractivity contribution in [3.05, 3.63) is 59.4 Å². The highest BCUT2D eigenvalue weighted by Crippen LogP contribution is 2.34. The lowest BCUT2D eigenvalue weighted by atomic mass is 9.89. The summed E-state index contributed by atoms with van der Waals surface area (Å²) in [7, 11) is 1.56. The number of hydrogen-bond donors (Lipinski definition) is 0. The zero-order valence-corrected chi connectivity index (χ0v) is 10.9. The van der Waals surface area contributed by atoms with Crippen LogP contribution in [0.25, 0.3) is 0 Å². The largest absolute Gasteiger partial charge is 0.497 e. The van der Waals surface area contributed by atoms with E-state index in [1.165, 1.54) is 12.1 Å². The Morgan fingerprint density at radius 3 is 2.85 bits per heavy atom. The van der Waals surface area contributed by atoms with E-state index in [0.29, 0.717) is 22.6 Å². The minimum atomic E-state index is -0.466. The second-order valence-corrected chi connectivity index (χ2v) is 4.64. The summed E-state index contributed by atoms with van der Waals surface area (Å²) in [5.41, 5.74) is 1.14. The molecule has 1 aliphatic heterocycles. The topological polar surface area (TPSA) is 35.5 Å². The van der Waals surface area contributed by atoms with Gasteiger partial charge in [0.25, 0.3) is 0 Å². The molecule has 1 atom stereocenters. The van der Waals surface area contributed by atoms with Crippen molar-refractivity contribution in [2.45, 2.75) is 5.92 Å². The number of methoxy groups -OCH3 is 1. The fourth-order valence-electron chi connectivity index (χ4n) is 2.36. The molecule has 0 aromatic heterocycles. The van der Waals surface area contributed by atoms with Crippen molar-refractivity contribution in [2.24, 2.45) is 0 Å². The van der Waals surface area contributed by atoms with Gasteiger partial charge >= 0.3 is 0 Å². The summed E-state index contributed by atoms with van der Waals surface area (Å²) in [6, 6.07) is 11.2. The Bertz CT molecular complexity index is 667. The third kappa shape index (κ3) is 2.13. The van der Waals surface area contributed by atoms with Crippen LogP contribution in [0.5, 0.6) is 11.5 Å². The Morgan fingerprint density at radius 2 is 2.10 bits per heavy atom. The van der Waals surface area contributed by atoms with Crippen LogP contribution in [-0.2, 0) is 0 Å². The molecule has 2 aromatic carbocycles. The molecule has 1 unspecified atom stereocenters. The molecule has 2 aromatic rings. The van der Waals surface area contributed by atoms with Gasteiger partial charge in [0, 0.05) is 6.07 Å². The first kappa shape index (κ1) is 12.7. The third-order valence-electron chi connectivity index (χ3n) is 3.43. The predicted octanol–water partition coefficient (Wildman–Crippen LogP) is 3.19. The van der Waals surface area contributed by atoms with E-state index in [4.69, 9.17) is 9.47 Å². The van der Waals surface area contributed by atoms with Crippen LogP contribution in [0.1, 0.15) is 21.8 Å². The molecule has 1 heterocycles. The van der Waals surface area contributed by atoms with Gasteiger partial charge in [-0.25, -0.2) is 4.39 Å². The number of Topliss-reactive ketones (excluding diaryl/α,β-unsaturated/α-hetero) is 1. The minimum absolute atomic E-state index is 0.0560. The average Bonchev–Trinajstić information content (AvgIpc) is 2.47. The summed E-state index contributed by atoms with van der Waals surface area (Å²) >= 11 is 0. The summed E-state index contributed by atoms with van der Waals surface area (Å²) in [5, 5.41) is 0. The average molecular weight is 272 g/mol. The van der Waals surface area contributed by atoms with Gasteiger partial charge < -0.3 is 9.47 Å². The summed E-state index contributed by atoms with van der Waals surface area (Å²) < 4.78 is 24.0. The maximum absolute atomic E-state index is 13.3. The molecule has 3 rings (SSSR count). The Balaban J connectivity index is 1.97. The van der Waals surface area contributed by atoms with Gasteiger partial charge in [-0.3, -0.25) is 4.79 Å². The Hall–Kier alpha value is -2.36. The standard InChI is InChI=1S/C16H13FO3/c1-19-12-5-6-13-15(8-12)20-9-14(16(13)18)10-3-2-4-11(17)7-10/h2-8,14H,9H2,1H3. The van der Waals surface area contributed by atoms with Gasteiger partial charge in [-0.15, -0.1) is 0 Å². The number of ether oxygens (including phenoxy) is 2. The normalized spacial score (nSPS) is 17.3. The van der Waals surface area contributed by atoms with Crippen molar-refractivity contribution in [2.75, 3.05) is 13.7 Å². The maximum Gasteiger partial charge on any atom is 0.177 e. The van der Waals surface area contributed by atoms with Gasteiger partial charge in [0.1, 0.15) is 23.9 Å². The fraction of sp³-hybridized carbons (Fsp3) is 0.188. The molecular weight excluding hydrogens is 259 g/mol. The van der Waals surface area contributed by atoms with Crippen molar-refractivity contribution < 1.29 is 18.7 Å². The van der Waals surface area contributed by atoms with E-state index in [9.17, 15) is 9.18 Å². The van der Waals surface area contributed by atoms with Crippen molar-refractivity contribution in [3.8, 4) is 11.5 Å². The second kappa shape index (κ2) is 4.96. The molecule has 0 N–H and O–H groups in total. The molecule has 0 amide bonds. The van der Waals surface area contributed by atoms with Gasteiger partial charge in [-0.05, 0) is 29.8 Å². The first-order chi connectivity index (χ1) is 9.69. The minimum Gasteiger partial charge on any atom is -0.497 e. The molecule has 4 heteroatoms. The van der Waals surface area contributed by atoms with Crippen molar-refractivity contribution in [3.63, 3.8) is 0 Å². The number of fused-ring (bicyclic) bond motifs is 1. The van der Waals surface area contributed by atoms with Gasteiger partial charge in [-0.2, -0.15) is 0 Å². The van der Waals surface area contributed by atoms with E-state index < -0.39 is 5.92 Å². The van der Waals surface area contributed by atoms with E-state index in [2.05, 4.69) is 0 Å². The third-order valence-corrected chi connectivity index (χ3v) is 3.43. The molecule has 0 bridgehead atoms. The van der Waals surface area contributed by atoms with Gasteiger partial charge in [-0.1, -0.05) is 12.1 Å². The highest BCUT2D eigenvalue weighted by Gasteiger charge is 2.30. The van der Waals surface area contributed by atoms with Crippen LogP contribution in [0.3, 0.4) is 0 Å². The van der Waals surface area contributed by atoms with E-state index >= 15 is 0 Å². The highest BCUT2D eigenvalue weighted by atomic mass is 19.1. The van der Waals surface area contributed by atoms with Crippen LogP contribution in [-0.4, -0.2) is 19.5 Å². The van der Waals surface area contributed by atoms with Crippen LogP contribution in [0.15, 0.2) is 42.5 Å². The number of carbonyl (C=O) groups is 1. The zero-order chi connectivity index (χ0) is 14.1. The number of carbonyl (C=O) groups excluding carboxylic acids is 1. The van der Waals surface area contributed by atoms with Crippen LogP contribution >= 0.6 is 0 Å². The van der Waals surface area contributed by atoms with E-state index in [0.717, 1.165) is 0 Å². The van der Waals surface area contributed by atoms with Crippen molar-refractivity contribution >= 4 is 5.78 Å². The van der Waals surface area contributed by atoms with Crippen LogP contribution in [0.4, 0.5) is 4.39 Å². The molecular formula is C16H13FO3. The van der Waals surface area contributed by atoms with Crippen LogP contribution in [0.2, 0.25) is 0 Å². The number of benzene rings is 2. The van der Waals surface area contributed by atoms with Crippen LogP contribution in [0, 0.1) is 5.82 Å². The first-order valence-corrected chi connectivity index (χ1v) is 6.29. The molecule has 0 saturated carbocycles. The number of hydrogen-bond acceptors (Lipinski definition) is 3. The maximum atomic E-state index is 13.3. The highest BCUT2D eigenvalue weighted by molar-refractivity contribution is 6.04. The van der Waals surface area contributed by atoms with Crippen molar-refractivity contribution in [1.82, 2.24) is 0 Å². The number of rotatable bonds is 2. The first-order valence-electron chi connectivity index (χ1n) is 6.29. The molecule has 0 saturated heterocycles. The van der Waals surface area contributed by atoms with E-state index in [1.807, 2.05) is 0 Å². The van der Waals surface area contributed by atoms with E-state index in [1.54, 1.807) is 37.4 Å². The molecule has 0 fully saturated rings. The quantitative estimate of drug-likeness (QED) is 0.842. The fourth-order valence-corrected chi connectivity index (χ4v) is 2.36. The van der Waals surface area contributed by atoms with Crippen LogP contribution < -0.4 is 9.47 Å². The number of ketones is 1. The summed E-state index contributed by atoms with van der Waals surface area (Å²) in [6.45, 7) is 0.211. The second-order valence-electron chi connectivity index (χ2n) is 4.64. The monoisotopic (exact) mass is 272 g/mol. The molecule has 20 heavy (non-hydrogen) atoms. The smallest absolute Gasteiger partial charge is 0.177 e. The number of halogens is 1. The van der Waals surface area contributed by atoms with Gasteiger partial charge in [0.2, 0.25) is 0 Å². The lowest BCUT2D eigenvalue weighted by Gasteiger charge is -2.24. The van der Waals surface area contributed by atoms with Gasteiger partial charge in [0.15, 0.2) is 5.78 Å². The van der Waals surface area contributed by atoms with Crippen molar-refractivity contribution in [1.29, 1.82) is 0 Å².